The first-order chi connectivity index (χ1) is 11.2. The second-order valence-corrected chi connectivity index (χ2v) is 6.99. The lowest BCUT2D eigenvalue weighted by atomic mass is 9.93. The van der Waals surface area contributed by atoms with E-state index < -0.39 is 0 Å². The number of hydrogen-bond donors (Lipinski definition) is 1. The summed E-state index contributed by atoms with van der Waals surface area (Å²) in [4.78, 5) is 7.40. The molecule has 0 unspecified atom stereocenters. The number of nitrogens with zero attached hydrogens (tertiary/aromatic N) is 4. The molecule has 0 bridgehead atoms. The molecule has 2 fully saturated rings. The van der Waals surface area contributed by atoms with Gasteiger partial charge in [0.2, 0.25) is 0 Å². The van der Waals surface area contributed by atoms with Crippen LogP contribution in [0, 0.1) is 12.8 Å². The fourth-order valence-electron chi connectivity index (χ4n) is 3.90. The van der Waals surface area contributed by atoms with Gasteiger partial charge in [0.1, 0.15) is 5.82 Å². The molecule has 2 aromatic rings. The highest BCUT2D eigenvalue weighted by Gasteiger charge is 2.26. The van der Waals surface area contributed by atoms with Crippen LogP contribution >= 0.6 is 0 Å². The summed E-state index contributed by atoms with van der Waals surface area (Å²) in [5.41, 5.74) is 9.10. The molecule has 0 saturated carbocycles. The summed E-state index contributed by atoms with van der Waals surface area (Å²) in [7, 11) is 0. The molecule has 4 heterocycles. The Morgan fingerprint density at radius 3 is 3.09 bits per heavy atom. The lowest BCUT2D eigenvalue weighted by Crippen LogP contribution is -2.38. The summed E-state index contributed by atoms with van der Waals surface area (Å²) in [5, 5.41) is 4.39. The van der Waals surface area contributed by atoms with Gasteiger partial charge in [0, 0.05) is 37.7 Å². The Kier molecular flexibility index (Phi) is 3.95. The maximum atomic E-state index is 6.17. The molecule has 6 nitrogen and oxygen atoms in total. The molecule has 2 aliphatic rings. The second-order valence-electron chi connectivity index (χ2n) is 6.99. The van der Waals surface area contributed by atoms with Gasteiger partial charge in [-0.2, -0.15) is 9.61 Å². The van der Waals surface area contributed by atoms with Gasteiger partial charge in [-0.1, -0.05) is 0 Å². The Bertz CT molecular complexity index is 692. The van der Waals surface area contributed by atoms with Crippen LogP contribution in [0.4, 0.5) is 5.82 Å². The van der Waals surface area contributed by atoms with E-state index in [1.54, 1.807) is 4.52 Å². The summed E-state index contributed by atoms with van der Waals surface area (Å²) in [6, 6.07) is 4.00. The number of rotatable bonds is 3. The van der Waals surface area contributed by atoms with Crippen LogP contribution in [-0.4, -0.2) is 52.3 Å². The highest BCUT2D eigenvalue weighted by molar-refractivity contribution is 5.48. The van der Waals surface area contributed by atoms with Crippen molar-refractivity contribution in [2.75, 3.05) is 38.6 Å². The molecule has 2 saturated heterocycles. The maximum Gasteiger partial charge on any atom is 0.157 e. The Balaban J connectivity index is 1.52. The molecule has 2 aliphatic heterocycles. The monoisotopic (exact) mass is 315 g/mol. The van der Waals surface area contributed by atoms with E-state index in [0.29, 0.717) is 17.7 Å². The minimum absolute atomic E-state index is 0.466. The van der Waals surface area contributed by atoms with Crippen LogP contribution in [0.3, 0.4) is 0 Å². The van der Waals surface area contributed by atoms with Crippen molar-refractivity contribution in [3.63, 3.8) is 0 Å². The van der Waals surface area contributed by atoms with Gasteiger partial charge in [0.25, 0.3) is 0 Å². The average molecular weight is 315 g/mol. The number of hydrogen-bond acceptors (Lipinski definition) is 5. The van der Waals surface area contributed by atoms with Crippen molar-refractivity contribution in [3.05, 3.63) is 23.5 Å². The maximum absolute atomic E-state index is 6.17. The van der Waals surface area contributed by atoms with Crippen LogP contribution in [-0.2, 0) is 4.74 Å². The molecular formula is C17H25N5O. The van der Waals surface area contributed by atoms with Crippen LogP contribution in [0.2, 0.25) is 0 Å². The minimum Gasteiger partial charge on any atom is -0.384 e. The third kappa shape index (κ3) is 3.05. The van der Waals surface area contributed by atoms with Gasteiger partial charge in [-0.3, -0.25) is 0 Å². The SMILES string of the molecule is Cc1cc2nc([C@H]3CCCN(C[C@H]4CCOC4)C3)cc(N)n2n1. The van der Waals surface area contributed by atoms with Crippen LogP contribution in [0.1, 0.15) is 36.6 Å². The smallest absolute Gasteiger partial charge is 0.157 e. The van der Waals surface area contributed by atoms with Gasteiger partial charge >= 0.3 is 0 Å². The topological polar surface area (TPSA) is 68.7 Å². The highest BCUT2D eigenvalue weighted by atomic mass is 16.5. The minimum atomic E-state index is 0.466. The molecule has 23 heavy (non-hydrogen) atoms. The van der Waals surface area contributed by atoms with Crippen LogP contribution < -0.4 is 5.73 Å². The molecule has 2 atom stereocenters. The number of piperidine rings is 1. The van der Waals surface area contributed by atoms with Crippen LogP contribution in [0.15, 0.2) is 12.1 Å². The molecule has 0 aromatic carbocycles. The first kappa shape index (κ1) is 14.9. The normalized spacial score (nSPS) is 26.1. The van der Waals surface area contributed by atoms with E-state index in [-0.39, 0.29) is 0 Å². The average Bonchev–Trinajstić information content (AvgIpc) is 3.16. The molecule has 124 valence electrons. The Labute approximate surface area is 136 Å². The molecule has 0 radical (unpaired) electrons. The van der Waals surface area contributed by atoms with Crippen molar-refractivity contribution < 1.29 is 4.74 Å². The van der Waals surface area contributed by atoms with E-state index in [9.17, 15) is 0 Å². The Morgan fingerprint density at radius 2 is 2.26 bits per heavy atom. The zero-order chi connectivity index (χ0) is 15.8. The summed E-state index contributed by atoms with van der Waals surface area (Å²) >= 11 is 0. The quantitative estimate of drug-likeness (QED) is 0.936. The molecule has 0 aliphatic carbocycles. The molecule has 4 rings (SSSR count). The van der Waals surface area contributed by atoms with E-state index in [1.807, 2.05) is 19.1 Å². The van der Waals surface area contributed by atoms with Crippen molar-refractivity contribution >= 4 is 11.5 Å². The van der Waals surface area contributed by atoms with Gasteiger partial charge in [-0.05, 0) is 38.6 Å². The number of nitrogen functional groups attached to an aromatic ring is 1. The van der Waals surface area contributed by atoms with Gasteiger partial charge in [0.15, 0.2) is 5.65 Å². The fraction of sp³-hybridized carbons (Fsp3) is 0.647. The second kappa shape index (κ2) is 6.09. The molecule has 0 amide bonds. The number of ether oxygens (including phenoxy) is 1. The van der Waals surface area contributed by atoms with Crippen molar-refractivity contribution in [1.29, 1.82) is 0 Å². The van der Waals surface area contributed by atoms with Crippen LogP contribution in [0.25, 0.3) is 5.65 Å². The largest absolute Gasteiger partial charge is 0.384 e. The number of aromatic nitrogens is 3. The summed E-state index contributed by atoms with van der Waals surface area (Å²) in [5.74, 6) is 1.85. The third-order valence-electron chi connectivity index (χ3n) is 5.06. The van der Waals surface area contributed by atoms with Crippen molar-refractivity contribution in [2.45, 2.75) is 32.1 Å². The summed E-state index contributed by atoms with van der Waals surface area (Å²) < 4.78 is 7.24. The van der Waals surface area contributed by atoms with Crippen LogP contribution in [0.5, 0.6) is 0 Å². The van der Waals surface area contributed by atoms with Gasteiger partial charge < -0.3 is 15.4 Å². The Morgan fingerprint density at radius 1 is 1.35 bits per heavy atom. The Hall–Kier alpha value is -1.66. The molecule has 2 aromatic heterocycles. The highest BCUT2D eigenvalue weighted by Crippen LogP contribution is 2.28. The number of aryl methyl sites for hydroxylation is 1. The lowest BCUT2D eigenvalue weighted by molar-refractivity contribution is 0.149. The van der Waals surface area contributed by atoms with Gasteiger partial charge in [-0.25, -0.2) is 4.98 Å². The number of fused-ring (bicyclic) bond motifs is 1. The van der Waals surface area contributed by atoms with E-state index in [4.69, 9.17) is 15.5 Å². The zero-order valence-electron chi connectivity index (χ0n) is 13.7. The van der Waals surface area contributed by atoms with Crippen molar-refractivity contribution in [2.24, 2.45) is 5.92 Å². The van der Waals surface area contributed by atoms with E-state index in [0.717, 1.165) is 43.3 Å². The molecule has 6 heteroatoms. The molecule has 2 N–H and O–H groups in total. The number of anilines is 1. The zero-order valence-corrected chi connectivity index (χ0v) is 13.7. The summed E-state index contributed by atoms with van der Waals surface area (Å²) in [6.07, 6.45) is 3.62. The first-order valence-corrected chi connectivity index (χ1v) is 8.62. The first-order valence-electron chi connectivity index (χ1n) is 8.62. The van der Waals surface area contributed by atoms with Crippen molar-refractivity contribution in [1.82, 2.24) is 19.5 Å². The lowest BCUT2D eigenvalue weighted by Gasteiger charge is -2.33. The third-order valence-corrected chi connectivity index (χ3v) is 5.06. The molecule has 0 spiro atoms. The van der Waals surface area contributed by atoms with E-state index in [1.165, 1.54) is 25.8 Å². The standard InChI is InChI=1S/C17H25N5O/c1-12-7-17-19-15(8-16(18)22(17)20-12)14-3-2-5-21(10-14)9-13-4-6-23-11-13/h7-8,13-14H,2-6,9-11,18H2,1H3/t13-,14+/m1/s1. The van der Waals surface area contributed by atoms with Gasteiger partial charge in [-0.15, -0.1) is 0 Å². The fourth-order valence-corrected chi connectivity index (χ4v) is 3.90. The van der Waals surface area contributed by atoms with E-state index >= 15 is 0 Å². The van der Waals surface area contributed by atoms with E-state index in [2.05, 4.69) is 10.00 Å². The predicted octanol–water partition coefficient (Wildman–Crippen LogP) is 1.84. The van der Waals surface area contributed by atoms with Crippen molar-refractivity contribution in [3.8, 4) is 0 Å². The summed E-state index contributed by atoms with van der Waals surface area (Å²) in [6.45, 7) is 7.24. The molecular weight excluding hydrogens is 290 g/mol. The number of nitrogens with two attached hydrogens (primary N) is 1. The predicted molar refractivity (Wildman–Crippen MR) is 89.5 cm³/mol. The number of likely N-dealkylation sites (tertiary alicyclic amines) is 1. The van der Waals surface area contributed by atoms with Gasteiger partial charge in [0.05, 0.1) is 18.0 Å².